The van der Waals surface area contributed by atoms with Crippen LogP contribution < -0.4 is 15.1 Å². The highest BCUT2D eigenvalue weighted by atomic mass is 16.4. The second kappa shape index (κ2) is 7.37. The van der Waals surface area contributed by atoms with E-state index in [4.69, 9.17) is 8.83 Å². The van der Waals surface area contributed by atoms with Crippen LogP contribution in [0.3, 0.4) is 0 Å². The number of aromatic nitrogens is 1. The molecule has 2 aliphatic heterocycles. The third-order valence-corrected chi connectivity index (χ3v) is 5.55. The molecule has 30 heavy (non-hydrogen) atoms. The molecule has 0 aromatic carbocycles. The van der Waals surface area contributed by atoms with E-state index in [2.05, 4.69) is 15.2 Å². The first-order valence-electron chi connectivity index (χ1n) is 10.1. The summed E-state index contributed by atoms with van der Waals surface area (Å²) in [6.45, 7) is 3.23. The molecular weight excluding hydrogens is 384 g/mol. The second-order valence-corrected chi connectivity index (χ2v) is 7.58. The molecule has 3 aromatic rings. The van der Waals surface area contributed by atoms with Gasteiger partial charge in [0.1, 0.15) is 23.3 Å². The summed E-state index contributed by atoms with van der Waals surface area (Å²) in [5.41, 5.74) is 0.970. The molecular formula is C22H22N4O4. The zero-order chi connectivity index (χ0) is 20.7. The number of carbonyl (C=O) groups excluding carboxylic acids is 2. The van der Waals surface area contributed by atoms with Crippen molar-refractivity contribution < 1.29 is 18.4 Å². The minimum absolute atomic E-state index is 0.0225. The number of pyridine rings is 1. The lowest BCUT2D eigenvalue weighted by Gasteiger charge is -2.38. The van der Waals surface area contributed by atoms with Crippen LogP contribution in [0.2, 0.25) is 0 Å². The maximum atomic E-state index is 13.1. The van der Waals surface area contributed by atoms with Gasteiger partial charge < -0.3 is 19.1 Å². The third-order valence-electron chi connectivity index (χ3n) is 5.55. The van der Waals surface area contributed by atoms with Gasteiger partial charge in [0.2, 0.25) is 0 Å². The molecule has 1 fully saturated rings. The van der Waals surface area contributed by atoms with Gasteiger partial charge in [-0.1, -0.05) is 0 Å². The van der Waals surface area contributed by atoms with Crippen LogP contribution in [0.15, 0.2) is 51.4 Å². The minimum Gasteiger partial charge on any atom is -0.465 e. The molecule has 3 aromatic heterocycles. The van der Waals surface area contributed by atoms with Gasteiger partial charge in [0.25, 0.3) is 11.8 Å². The van der Waals surface area contributed by atoms with E-state index in [1.807, 2.05) is 31.2 Å². The Bertz CT molecular complexity index is 1100. The van der Waals surface area contributed by atoms with Gasteiger partial charge in [-0.25, -0.2) is 4.98 Å². The highest BCUT2D eigenvalue weighted by molar-refractivity contribution is 6.04. The lowest BCUT2D eigenvalue weighted by atomic mass is 10.1. The summed E-state index contributed by atoms with van der Waals surface area (Å²) in [5.74, 6) is 2.52. The molecule has 2 amide bonds. The highest BCUT2D eigenvalue weighted by Crippen LogP contribution is 2.39. The monoisotopic (exact) mass is 406 g/mol. The van der Waals surface area contributed by atoms with Crippen LogP contribution in [0.4, 0.5) is 11.5 Å². The van der Waals surface area contributed by atoms with Gasteiger partial charge in [0.05, 0.1) is 18.8 Å². The number of hydrogen-bond acceptors (Lipinski definition) is 6. The fourth-order valence-corrected chi connectivity index (χ4v) is 4.14. The van der Waals surface area contributed by atoms with Gasteiger partial charge in [0, 0.05) is 12.7 Å². The first-order chi connectivity index (χ1) is 14.6. The molecule has 8 nitrogen and oxygen atoms in total. The van der Waals surface area contributed by atoms with Crippen LogP contribution in [-0.2, 0) is 17.9 Å². The summed E-state index contributed by atoms with van der Waals surface area (Å²) >= 11 is 0. The number of nitrogens with zero attached hydrogens (tertiary/aromatic N) is 3. The molecule has 0 radical (unpaired) electrons. The van der Waals surface area contributed by atoms with Crippen molar-refractivity contribution >= 4 is 23.3 Å². The SMILES string of the molecule is Cc1ccc(CNC(=O)c2ccc(CN3C(=O)C4CCCN4c4cccnc43)o2)o1. The lowest BCUT2D eigenvalue weighted by Crippen LogP contribution is -2.50. The van der Waals surface area contributed by atoms with Gasteiger partial charge in [-0.15, -0.1) is 0 Å². The Morgan fingerprint density at radius 3 is 2.90 bits per heavy atom. The van der Waals surface area contributed by atoms with Crippen molar-refractivity contribution in [1.82, 2.24) is 10.3 Å². The van der Waals surface area contributed by atoms with Crippen LogP contribution >= 0.6 is 0 Å². The highest BCUT2D eigenvalue weighted by Gasteiger charge is 2.41. The molecule has 0 saturated carbocycles. The molecule has 1 atom stereocenters. The maximum Gasteiger partial charge on any atom is 0.287 e. The molecule has 2 aliphatic rings. The number of rotatable bonds is 5. The Hall–Kier alpha value is -3.55. The zero-order valence-corrected chi connectivity index (χ0v) is 16.6. The number of carbonyl (C=O) groups is 2. The van der Waals surface area contributed by atoms with Gasteiger partial charge in [-0.3, -0.25) is 14.5 Å². The molecule has 1 unspecified atom stereocenters. The zero-order valence-electron chi connectivity index (χ0n) is 16.6. The van der Waals surface area contributed by atoms with Crippen LogP contribution in [0.5, 0.6) is 0 Å². The van der Waals surface area contributed by atoms with Crippen molar-refractivity contribution in [3.63, 3.8) is 0 Å². The first-order valence-corrected chi connectivity index (χ1v) is 10.1. The number of fused-ring (bicyclic) bond motifs is 3. The number of aryl methyl sites for hydroxylation is 1. The smallest absolute Gasteiger partial charge is 0.287 e. The van der Waals surface area contributed by atoms with E-state index >= 15 is 0 Å². The molecule has 0 spiro atoms. The van der Waals surface area contributed by atoms with Crippen LogP contribution in [0, 0.1) is 6.92 Å². The van der Waals surface area contributed by atoms with Gasteiger partial charge in [-0.2, -0.15) is 0 Å². The van der Waals surface area contributed by atoms with E-state index < -0.39 is 0 Å². The predicted molar refractivity (Wildman–Crippen MR) is 109 cm³/mol. The van der Waals surface area contributed by atoms with E-state index in [1.165, 1.54) is 0 Å². The van der Waals surface area contributed by atoms with E-state index in [0.717, 1.165) is 30.8 Å². The standard InChI is InChI=1S/C22H22N4O4/c1-14-6-7-15(29-14)12-24-21(27)19-9-8-16(30-19)13-26-20-17(4-2-10-23-20)25-11-3-5-18(25)22(26)28/h2,4,6-10,18H,3,5,11-13H2,1H3,(H,24,27). The number of nitrogens with one attached hydrogen (secondary N) is 1. The van der Waals surface area contributed by atoms with E-state index in [1.54, 1.807) is 23.2 Å². The van der Waals surface area contributed by atoms with Crippen molar-refractivity contribution in [2.24, 2.45) is 0 Å². The van der Waals surface area contributed by atoms with E-state index in [9.17, 15) is 9.59 Å². The Morgan fingerprint density at radius 2 is 2.07 bits per heavy atom. The average Bonchev–Trinajstić information content (AvgIpc) is 3.50. The van der Waals surface area contributed by atoms with Crippen molar-refractivity contribution in [2.75, 3.05) is 16.3 Å². The molecule has 0 bridgehead atoms. The molecule has 1 saturated heterocycles. The van der Waals surface area contributed by atoms with Gasteiger partial charge >= 0.3 is 0 Å². The molecule has 154 valence electrons. The Kier molecular flexibility index (Phi) is 4.54. The van der Waals surface area contributed by atoms with Crippen molar-refractivity contribution in [2.45, 2.75) is 38.9 Å². The predicted octanol–water partition coefficient (Wildman–Crippen LogP) is 3.02. The molecule has 0 aliphatic carbocycles. The molecule has 8 heteroatoms. The van der Waals surface area contributed by atoms with Crippen LogP contribution in [-0.4, -0.2) is 29.4 Å². The summed E-state index contributed by atoms with van der Waals surface area (Å²) < 4.78 is 11.2. The van der Waals surface area contributed by atoms with Crippen LogP contribution in [0.1, 0.15) is 40.7 Å². The fourth-order valence-electron chi connectivity index (χ4n) is 4.14. The Balaban J connectivity index is 1.31. The lowest BCUT2D eigenvalue weighted by molar-refractivity contribution is -0.120. The van der Waals surface area contributed by atoms with Crippen molar-refractivity contribution in [3.8, 4) is 0 Å². The van der Waals surface area contributed by atoms with Gasteiger partial charge in [-0.05, 0) is 56.2 Å². The van der Waals surface area contributed by atoms with E-state index in [0.29, 0.717) is 17.3 Å². The number of hydrogen-bond donors (Lipinski definition) is 1. The van der Waals surface area contributed by atoms with E-state index in [-0.39, 0.29) is 36.7 Å². The summed E-state index contributed by atoms with van der Waals surface area (Å²) in [4.78, 5) is 33.7. The molecule has 5 heterocycles. The number of furan rings is 2. The maximum absolute atomic E-state index is 13.1. The van der Waals surface area contributed by atoms with Crippen molar-refractivity contribution in [1.29, 1.82) is 0 Å². The quantitative estimate of drug-likeness (QED) is 0.700. The summed E-state index contributed by atoms with van der Waals surface area (Å²) in [5, 5.41) is 2.77. The Labute approximate surface area is 173 Å². The fraction of sp³-hybridized carbons (Fsp3) is 0.318. The first kappa shape index (κ1) is 18.5. The summed E-state index contributed by atoms with van der Waals surface area (Å²) in [7, 11) is 0. The van der Waals surface area contributed by atoms with Crippen molar-refractivity contribution in [3.05, 3.63) is 65.6 Å². The third kappa shape index (κ3) is 3.24. The Morgan fingerprint density at radius 1 is 1.20 bits per heavy atom. The molecule has 1 N–H and O–H groups in total. The second-order valence-electron chi connectivity index (χ2n) is 7.58. The van der Waals surface area contributed by atoms with Crippen LogP contribution in [0.25, 0.3) is 0 Å². The number of amides is 2. The normalized spacial score (nSPS) is 17.8. The summed E-state index contributed by atoms with van der Waals surface area (Å²) in [6.07, 6.45) is 3.51. The summed E-state index contributed by atoms with van der Waals surface area (Å²) in [6, 6.07) is 10.7. The largest absolute Gasteiger partial charge is 0.465 e. The minimum atomic E-state index is -0.333. The molecule has 5 rings (SSSR count). The topological polar surface area (TPSA) is 91.8 Å². The number of anilines is 2. The van der Waals surface area contributed by atoms with Gasteiger partial charge in [0.15, 0.2) is 11.6 Å². The average molecular weight is 406 g/mol.